The molecule has 6 heteroatoms. The van der Waals surface area contributed by atoms with Crippen LogP contribution in [-0.4, -0.2) is 50.5 Å². The number of aromatic nitrogens is 3. The number of rotatable bonds is 2. The Labute approximate surface area is 133 Å². The van der Waals surface area contributed by atoms with Crippen LogP contribution in [0.25, 0.3) is 22.3 Å². The summed E-state index contributed by atoms with van der Waals surface area (Å²) in [6, 6.07) is 8.98. The van der Waals surface area contributed by atoms with E-state index in [1.54, 1.807) is 12.1 Å². The smallest absolute Gasteiger partial charge is 0.160 e. The molecule has 0 bridgehead atoms. The minimum Gasteiger partial charge on any atom is -0.507 e. The second-order valence-corrected chi connectivity index (χ2v) is 5.96. The Morgan fingerprint density at radius 2 is 2.13 bits per heavy atom. The van der Waals surface area contributed by atoms with E-state index in [1.165, 1.54) is 0 Å². The number of phenolic OH excluding ortho intramolecular Hbond substituents is 1. The van der Waals surface area contributed by atoms with Crippen molar-refractivity contribution in [2.45, 2.75) is 12.5 Å². The van der Waals surface area contributed by atoms with Crippen molar-refractivity contribution in [1.82, 2.24) is 20.1 Å². The third-order valence-corrected chi connectivity index (χ3v) is 4.61. The maximum Gasteiger partial charge on any atom is 0.160 e. The number of hydrogen-bond acceptors (Lipinski definition) is 5. The zero-order valence-electron chi connectivity index (χ0n) is 12.8. The summed E-state index contributed by atoms with van der Waals surface area (Å²) < 4.78 is 0. The Hall–Kier alpha value is -2.44. The molecule has 3 N–H and O–H groups in total. The Morgan fingerprint density at radius 1 is 1.30 bits per heavy atom. The molecular weight excluding hydrogens is 292 g/mol. The summed E-state index contributed by atoms with van der Waals surface area (Å²) in [5.74, 6) is 0.182. The van der Waals surface area contributed by atoms with E-state index < -0.39 is 0 Å². The Morgan fingerprint density at radius 3 is 2.91 bits per heavy atom. The zero-order chi connectivity index (χ0) is 16.0. The van der Waals surface area contributed by atoms with Crippen molar-refractivity contribution in [3.8, 4) is 17.0 Å². The molecule has 1 aliphatic heterocycles. The summed E-state index contributed by atoms with van der Waals surface area (Å²) in [6.45, 7) is 0.954. The van der Waals surface area contributed by atoms with Crippen LogP contribution in [0, 0.1) is 0 Å². The fraction of sp³-hybridized carbons (Fsp3) is 0.294. The average Bonchev–Trinajstić information content (AvgIpc) is 2.93. The largest absolute Gasteiger partial charge is 0.507 e. The van der Waals surface area contributed by atoms with Crippen molar-refractivity contribution in [1.29, 1.82) is 0 Å². The molecular formula is C17H18N4O2. The Bertz CT molecular complexity index is 874. The molecule has 4 rings (SSSR count). The van der Waals surface area contributed by atoms with E-state index in [2.05, 4.69) is 20.1 Å². The maximum atomic E-state index is 10.0. The maximum absolute atomic E-state index is 10.0. The lowest BCUT2D eigenvalue weighted by Gasteiger charge is -2.31. The highest BCUT2D eigenvalue weighted by Crippen LogP contribution is 2.36. The first kappa shape index (κ1) is 14.2. The van der Waals surface area contributed by atoms with Gasteiger partial charge in [-0.25, -0.2) is 0 Å². The minimum atomic E-state index is -0.0473. The number of nitrogens with one attached hydrogen (secondary N) is 1. The molecule has 1 aliphatic rings. The topological polar surface area (TPSA) is 85.3 Å². The molecule has 1 atom stereocenters. The van der Waals surface area contributed by atoms with Gasteiger partial charge in [0.1, 0.15) is 5.75 Å². The average molecular weight is 310 g/mol. The quantitative estimate of drug-likeness (QED) is 0.672. The predicted molar refractivity (Wildman–Crippen MR) is 87.2 cm³/mol. The first-order valence-corrected chi connectivity index (χ1v) is 7.66. The first-order valence-electron chi connectivity index (χ1n) is 7.66. The number of phenols is 1. The van der Waals surface area contributed by atoms with Crippen LogP contribution in [0.3, 0.4) is 0 Å². The van der Waals surface area contributed by atoms with Gasteiger partial charge in [-0.15, -0.1) is 10.2 Å². The van der Waals surface area contributed by atoms with Crippen molar-refractivity contribution >= 4 is 11.0 Å². The van der Waals surface area contributed by atoms with Gasteiger partial charge in [-0.05, 0) is 25.2 Å². The lowest BCUT2D eigenvalue weighted by atomic mass is 9.97. The SMILES string of the molecule is CN1CCc2[nH]c3nnc(-c4ccccc4O)cc3c2[C@@H]1CO. The van der Waals surface area contributed by atoms with E-state index >= 15 is 0 Å². The van der Waals surface area contributed by atoms with Crippen LogP contribution in [0.5, 0.6) is 5.75 Å². The molecule has 0 spiro atoms. The number of benzene rings is 1. The minimum absolute atomic E-state index is 0.0473. The van der Waals surface area contributed by atoms with Crippen LogP contribution in [0.2, 0.25) is 0 Å². The van der Waals surface area contributed by atoms with Gasteiger partial charge in [-0.1, -0.05) is 12.1 Å². The van der Waals surface area contributed by atoms with Crippen molar-refractivity contribution in [2.75, 3.05) is 20.2 Å². The highest BCUT2D eigenvalue weighted by molar-refractivity contribution is 5.86. The lowest BCUT2D eigenvalue weighted by molar-refractivity contribution is 0.140. The molecule has 3 heterocycles. The number of aliphatic hydroxyl groups is 1. The number of aliphatic hydroxyl groups excluding tert-OH is 1. The van der Waals surface area contributed by atoms with Gasteiger partial charge in [0.2, 0.25) is 0 Å². The number of nitrogens with zero attached hydrogens (tertiary/aromatic N) is 3. The fourth-order valence-corrected chi connectivity index (χ4v) is 3.36. The van der Waals surface area contributed by atoms with Crippen molar-refractivity contribution in [2.24, 2.45) is 0 Å². The van der Waals surface area contributed by atoms with Gasteiger partial charge in [0.05, 0.1) is 18.3 Å². The summed E-state index contributed by atoms with van der Waals surface area (Å²) in [4.78, 5) is 5.47. The number of hydrogen-bond donors (Lipinski definition) is 3. The zero-order valence-corrected chi connectivity index (χ0v) is 12.8. The van der Waals surface area contributed by atoms with Gasteiger partial charge in [0, 0.05) is 35.2 Å². The predicted octanol–water partition coefficient (Wildman–Crippen LogP) is 1.85. The van der Waals surface area contributed by atoms with Gasteiger partial charge >= 0.3 is 0 Å². The van der Waals surface area contributed by atoms with Crippen LogP contribution in [0.4, 0.5) is 0 Å². The molecule has 2 aromatic heterocycles. The van der Waals surface area contributed by atoms with E-state index in [0.29, 0.717) is 11.3 Å². The van der Waals surface area contributed by atoms with Gasteiger partial charge in [0.25, 0.3) is 0 Å². The Balaban J connectivity index is 1.92. The Kier molecular flexibility index (Phi) is 3.28. The van der Waals surface area contributed by atoms with Crippen LogP contribution >= 0.6 is 0 Å². The number of fused-ring (bicyclic) bond motifs is 3. The number of aromatic amines is 1. The van der Waals surface area contributed by atoms with Crippen molar-refractivity contribution in [3.63, 3.8) is 0 Å². The highest BCUT2D eigenvalue weighted by atomic mass is 16.3. The molecule has 118 valence electrons. The van der Waals surface area contributed by atoms with Gasteiger partial charge in [-0.3, -0.25) is 4.90 Å². The molecule has 0 amide bonds. The number of para-hydroxylation sites is 1. The molecule has 0 saturated heterocycles. The monoisotopic (exact) mass is 310 g/mol. The van der Waals surface area contributed by atoms with Crippen LogP contribution < -0.4 is 0 Å². The third kappa shape index (κ3) is 2.18. The molecule has 6 nitrogen and oxygen atoms in total. The third-order valence-electron chi connectivity index (χ3n) is 4.61. The second kappa shape index (κ2) is 5.33. The van der Waals surface area contributed by atoms with Crippen LogP contribution in [-0.2, 0) is 6.42 Å². The molecule has 0 fully saturated rings. The second-order valence-electron chi connectivity index (χ2n) is 5.96. The van der Waals surface area contributed by atoms with Gasteiger partial charge in [0.15, 0.2) is 5.65 Å². The van der Waals surface area contributed by atoms with Crippen LogP contribution in [0.15, 0.2) is 30.3 Å². The lowest BCUT2D eigenvalue weighted by Crippen LogP contribution is -2.33. The number of H-pyrrole nitrogens is 1. The van der Waals surface area contributed by atoms with E-state index in [9.17, 15) is 10.2 Å². The number of aromatic hydroxyl groups is 1. The summed E-state index contributed by atoms with van der Waals surface area (Å²) in [5, 5.41) is 29.3. The van der Waals surface area contributed by atoms with Crippen LogP contribution in [0.1, 0.15) is 17.3 Å². The molecule has 0 radical (unpaired) electrons. The molecule has 1 aromatic carbocycles. The fourth-order valence-electron chi connectivity index (χ4n) is 3.36. The summed E-state index contributed by atoms with van der Waals surface area (Å²) in [7, 11) is 2.02. The van der Waals surface area contributed by atoms with Crippen molar-refractivity contribution < 1.29 is 10.2 Å². The van der Waals surface area contributed by atoms with Gasteiger partial charge < -0.3 is 15.2 Å². The summed E-state index contributed by atoms with van der Waals surface area (Å²) >= 11 is 0. The molecule has 0 saturated carbocycles. The molecule has 3 aromatic rings. The van der Waals surface area contributed by atoms with Gasteiger partial charge in [-0.2, -0.15) is 0 Å². The summed E-state index contributed by atoms with van der Waals surface area (Å²) in [6.07, 6.45) is 0.893. The standard InChI is InChI=1S/C17H18N4O2/c1-21-7-6-12-16(14(21)9-22)11-8-13(19-20-17(11)18-12)10-4-2-3-5-15(10)23/h2-5,8,14,22-23H,6-7,9H2,1H3,(H,18,20)/t14-/m0/s1. The highest BCUT2D eigenvalue weighted by Gasteiger charge is 2.28. The first-order chi connectivity index (χ1) is 11.2. The van der Waals surface area contributed by atoms with E-state index in [0.717, 1.165) is 35.3 Å². The van der Waals surface area contributed by atoms with E-state index in [1.807, 2.05) is 25.2 Å². The molecule has 0 aliphatic carbocycles. The normalized spacial score (nSPS) is 18.3. The molecule has 23 heavy (non-hydrogen) atoms. The summed E-state index contributed by atoms with van der Waals surface area (Å²) in [5.41, 5.74) is 4.20. The van der Waals surface area contributed by atoms with E-state index in [4.69, 9.17) is 0 Å². The van der Waals surface area contributed by atoms with E-state index in [-0.39, 0.29) is 18.4 Å². The van der Waals surface area contributed by atoms with Crippen molar-refractivity contribution in [3.05, 3.63) is 41.6 Å². The molecule has 0 unspecified atom stereocenters. The number of likely N-dealkylation sites (N-methyl/N-ethyl adjacent to an activating group) is 1.